The van der Waals surface area contributed by atoms with Crippen LogP contribution < -0.4 is 5.32 Å². The molecule has 34 heavy (non-hydrogen) atoms. The van der Waals surface area contributed by atoms with Gasteiger partial charge in [-0.25, -0.2) is 0 Å². The Bertz CT molecular complexity index is 811. The Balaban J connectivity index is 2.05. The zero-order valence-corrected chi connectivity index (χ0v) is 22.2. The third-order valence-electron chi connectivity index (χ3n) is 6.97. The number of carbonyl (C=O) groups excluding carboxylic acids is 3. The van der Waals surface area contributed by atoms with E-state index in [1.807, 2.05) is 51.1 Å². The van der Waals surface area contributed by atoms with E-state index in [0.29, 0.717) is 36.4 Å². The fraction of sp³-hybridized carbons (Fsp3) is 0.690. The fourth-order valence-corrected chi connectivity index (χ4v) is 5.09. The maximum atomic E-state index is 13.3. The highest BCUT2D eigenvalue weighted by atomic mass is 16.6. The summed E-state index contributed by atoms with van der Waals surface area (Å²) in [5, 5.41) is 3.10. The first kappa shape index (κ1) is 28.1. The number of amides is 1. The van der Waals surface area contributed by atoms with Crippen LogP contribution in [0.25, 0.3) is 0 Å². The first-order chi connectivity index (χ1) is 15.9. The summed E-state index contributed by atoms with van der Waals surface area (Å²) < 4.78 is 5.37. The third-order valence-corrected chi connectivity index (χ3v) is 6.97. The molecule has 0 aliphatic heterocycles. The van der Waals surface area contributed by atoms with Gasteiger partial charge in [0.25, 0.3) is 0 Å². The van der Waals surface area contributed by atoms with Crippen molar-refractivity contribution in [2.75, 3.05) is 0 Å². The van der Waals surface area contributed by atoms with Gasteiger partial charge in [-0.05, 0) is 63.4 Å². The number of rotatable bonds is 10. The second kappa shape index (κ2) is 12.5. The largest absolute Gasteiger partial charge is 0.460 e. The number of esters is 1. The molecule has 1 aromatic carbocycles. The molecule has 1 aliphatic rings. The summed E-state index contributed by atoms with van der Waals surface area (Å²) in [6.07, 6.45) is 4.32. The van der Waals surface area contributed by atoms with Crippen LogP contribution in [0.1, 0.15) is 98.6 Å². The summed E-state index contributed by atoms with van der Waals surface area (Å²) in [4.78, 5) is 38.5. The number of carbonyl (C=O) groups is 3. The van der Waals surface area contributed by atoms with E-state index >= 15 is 0 Å². The van der Waals surface area contributed by atoms with E-state index < -0.39 is 11.5 Å². The number of ketones is 1. The predicted molar refractivity (Wildman–Crippen MR) is 136 cm³/mol. The molecule has 0 saturated heterocycles. The third kappa shape index (κ3) is 8.88. The average Bonchev–Trinajstić information content (AvgIpc) is 2.75. The zero-order chi connectivity index (χ0) is 25.5. The molecule has 0 spiro atoms. The molecule has 5 nitrogen and oxygen atoms in total. The molecule has 1 aliphatic carbocycles. The quantitative estimate of drug-likeness (QED) is 0.408. The van der Waals surface area contributed by atoms with Crippen molar-refractivity contribution < 1.29 is 19.1 Å². The van der Waals surface area contributed by atoms with E-state index in [2.05, 4.69) is 26.1 Å². The van der Waals surface area contributed by atoms with Gasteiger partial charge in [0.1, 0.15) is 11.4 Å². The van der Waals surface area contributed by atoms with E-state index in [1.54, 1.807) is 6.92 Å². The molecule has 5 heteroatoms. The van der Waals surface area contributed by atoms with Crippen molar-refractivity contribution in [3.8, 4) is 0 Å². The summed E-state index contributed by atoms with van der Waals surface area (Å²) in [6.45, 7) is 13.9. The Morgan fingerprint density at radius 1 is 1.06 bits per heavy atom. The molecule has 0 aromatic heterocycles. The Morgan fingerprint density at radius 3 is 2.29 bits per heavy atom. The summed E-state index contributed by atoms with van der Waals surface area (Å²) in [7, 11) is 0. The lowest BCUT2D eigenvalue weighted by Gasteiger charge is -2.36. The fourth-order valence-electron chi connectivity index (χ4n) is 5.09. The van der Waals surface area contributed by atoms with E-state index in [4.69, 9.17) is 4.74 Å². The standard InChI is InChI=1S/C29H45NO4/c1-19(2)23-14-13-20(3)17-24(23)26(31)16-15-25(22-11-9-8-10-12-22)30-28(33)21(4)18-27(32)34-29(5,6)7/h8-12,19-21,23-25H,13-18H2,1-7H3,(H,30,33)/t20-,21-,23+,24-,25-/m1/s1. The molecular formula is C29H45NO4. The minimum absolute atomic E-state index is 0.0274. The van der Waals surface area contributed by atoms with Gasteiger partial charge in [0.2, 0.25) is 5.91 Å². The molecule has 1 saturated carbocycles. The van der Waals surface area contributed by atoms with Gasteiger partial charge in [-0.15, -0.1) is 0 Å². The van der Waals surface area contributed by atoms with Crippen molar-refractivity contribution in [2.24, 2.45) is 29.6 Å². The second-order valence-corrected chi connectivity index (χ2v) is 11.6. The zero-order valence-electron chi connectivity index (χ0n) is 22.2. The molecule has 1 aromatic rings. The second-order valence-electron chi connectivity index (χ2n) is 11.6. The molecule has 0 unspecified atom stereocenters. The van der Waals surface area contributed by atoms with Crippen molar-refractivity contribution in [3.05, 3.63) is 35.9 Å². The van der Waals surface area contributed by atoms with E-state index in [1.165, 1.54) is 6.42 Å². The van der Waals surface area contributed by atoms with Crippen LogP contribution in [0, 0.1) is 29.6 Å². The number of ether oxygens (including phenoxy) is 1. The average molecular weight is 472 g/mol. The molecule has 1 amide bonds. The normalized spacial score (nSPS) is 22.6. The maximum Gasteiger partial charge on any atom is 0.307 e. The van der Waals surface area contributed by atoms with Crippen LogP contribution in [0.2, 0.25) is 0 Å². The van der Waals surface area contributed by atoms with Crippen LogP contribution >= 0.6 is 0 Å². The lowest BCUT2D eigenvalue weighted by molar-refractivity contribution is -0.157. The van der Waals surface area contributed by atoms with Crippen molar-refractivity contribution in [2.45, 2.75) is 98.6 Å². The smallest absolute Gasteiger partial charge is 0.307 e. The van der Waals surface area contributed by atoms with E-state index in [0.717, 1.165) is 18.4 Å². The van der Waals surface area contributed by atoms with Crippen LogP contribution in [-0.4, -0.2) is 23.3 Å². The maximum absolute atomic E-state index is 13.3. The van der Waals surface area contributed by atoms with Gasteiger partial charge >= 0.3 is 5.97 Å². The van der Waals surface area contributed by atoms with Crippen LogP contribution in [0.4, 0.5) is 0 Å². The highest BCUT2D eigenvalue weighted by Crippen LogP contribution is 2.39. The minimum atomic E-state index is -0.579. The van der Waals surface area contributed by atoms with Crippen molar-refractivity contribution in [1.29, 1.82) is 0 Å². The van der Waals surface area contributed by atoms with Gasteiger partial charge in [0, 0.05) is 18.3 Å². The highest BCUT2D eigenvalue weighted by Gasteiger charge is 2.35. The van der Waals surface area contributed by atoms with Gasteiger partial charge in [-0.3, -0.25) is 14.4 Å². The van der Waals surface area contributed by atoms with Crippen LogP contribution in [0.5, 0.6) is 0 Å². The number of benzene rings is 1. The van der Waals surface area contributed by atoms with Crippen molar-refractivity contribution in [1.82, 2.24) is 5.32 Å². The molecule has 0 heterocycles. The Labute approximate surface area is 206 Å². The summed E-state index contributed by atoms with van der Waals surface area (Å²) in [5.74, 6) is 0.876. The molecule has 0 radical (unpaired) electrons. The van der Waals surface area contributed by atoms with Crippen molar-refractivity contribution in [3.63, 3.8) is 0 Å². The van der Waals surface area contributed by atoms with Gasteiger partial charge in [-0.2, -0.15) is 0 Å². The molecular weight excluding hydrogens is 426 g/mol. The molecule has 0 bridgehead atoms. The number of Topliss-reactive ketones (excluding diaryl/α,β-unsaturated/α-hetero) is 1. The van der Waals surface area contributed by atoms with Crippen molar-refractivity contribution >= 4 is 17.7 Å². The van der Waals surface area contributed by atoms with Crippen LogP contribution in [-0.2, 0) is 19.1 Å². The first-order valence-corrected chi connectivity index (χ1v) is 13.0. The summed E-state index contributed by atoms with van der Waals surface area (Å²) >= 11 is 0. The topological polar surface area (TPSA) is 72.5 Å². The number of hydrogen-bond donors (Lipinski definition) is 1. The lowest BCUT2D eigenvalue weighted by atomic mass is 9.68. The van der Waals surface area contributed by atoms with Crippen LogP contribution in [0.15, 0.2) is 30.3 Å². The monoisotopic (exact) mass is 471 g/mol. The van der Waals surface area contributed by atoms with Gasteiger partial charge < -0.3 is 10.1 Å². The van der Waals surface area contributed by atoms with Gasteiger partial charge in [-0.1, -0.05) is 64.4 Å². The summed E-state index contributed by atoms with van der Waals surface area (Å²) in [6, 6.07) is 9.52. The number of nitrogens with one attached hydrogen (secondary N) is 1. The Hall–Kier alpha value is -2.17. The molecule has 1 fully saturated rings. The highest BCUT2D eigenvalue weighted by molar-refractivity contribution is 5.84. The minimum Gasteiger partial charge on any atom is -0.460 e. The van der Waals surface area contributed by atoms with E-state index in [-0.39, 0.29) is 30.3 Å². The van der Waals surface area contributed by atoms with Gasteiger partial charge in [0.15, 0.2) is 0 Å². The van der Waals surface area contributed by atoms with E-state index in [9.17, 15) is 14.4 Å². The van der Waals surface area contributed by atoms with Crippen LogP contribution in [0.3, 0.4) is 0 Å². The molecule has 5 atom stereocenters. The SMILES string of the molecule is CC(C)[C@@H]1CC[C@@H](C)C[C@H]1C(=O)CC[C@@H](NC(=O)[C@H](C)CC(=O)OC(C)(C)C)c1ccccc1. The Morgan fingerprint density at radius 2 is 1.71 bits per heavy atom. The number of hydrogen-bond acceptors (Lipinski definition) is 4. The Kier molecular flexibility index (Phi) is 10.3. The first-order valence-electron chi connectivity index (χ1n) is 13.0. The van der Waals surface area contributed by atoms with Gasteiger partial charge in [0.05, 0.1) is 12.5 Å². The molecule has 1 N–H and O–H groups in total. The predicted octanol–water partition coefficient (Wildman–Crippen LogP) is 6.27. The molecule has 190 valence electrons. The lowest BCUT2D eigenvalue weighted by Crippen LogP contribution is -2.36. The summed E-state index contributed by atoms with van der Waals surface area (Å²) in [5.41, 5.74) is 0.399. The molecule has 2 rings (SSSR count).